The molecule has 0 aliphatic rings. The molecule has 1 atom stereocenters. The molecule has 0 amide bonds. The van der Waals surface area contributed by atoms with Gasteiger partial charge in [0, 0.05) is 16.8 Å². The Morgan fingerprint density at radius 3 is 1.70 bits per heavy atom. The summed E-state index contributed by atoms with van der Waals surface area (Å²) in [4.78, 5) is 0. The second-order valence-electron chi connectivity index (χ2n) is 5.22. The van der Waals surface area contributed by atoms with Crippen molar-refractivity contribution in [3.05, 3.63) is 60.7 Å². The van der Waals surface area contributed by atoms with Crippen LogP contribution in [0.4, 0.5) is 0 Å². The summed E-state index contributed by atoms with van der Waals surface area (Å²) >= 11 is 0. The van der Waals surface area contributed by atoms with E-state index in [2.05, 4.69) is 0 Å². The summed E-state index contributed by atoms with van der Waals surface area (Å²) in [6.07, 6.45) is 0.0184. The maximum absolute atomic E-state index is 13.5. The van der Waals surface area contributed by atoms with Gasteiger partial charge in [0.05, 0.1) is 12.2 Å². The summed E-state index contributed by atoms with van der Waals surface area (Å²) in [7, 11) is -2.97. The van der Waals surface area contributed by atoms with E-state index in [1.54, 1.807) is 24.3 Å². The molecule has 2 rings (SSSR count). The number of hydrogen-bond donors (Lipinski definition) is 2. The molecule has 0 aliphatic heterocycles. The van der Waals surface area contributed by atoms with E-state index in [1.165, 1.54) is 6.92 Å². The molecule has 3 nitrogen and oxygen atoms in total. The Morgan fingerprint density at radius 1 is 0.950 bits per heavy atom. The van der Waals surface area contributed by atoms with Gasteiger partial charge in [-0.25, -0.2) is 0 Å². The highest BCUT2D eigenvalue weighted by Crippen LogP contribution is 2.45. The third-order valence-electron chi connectivity index (χ3n) is 3.25. The molecule has 0 aromatic heterocycles. The summed E-state index contributed by atoms with van der Waals surface area (Å²) in [5.74, 6) is 0. The molecule has 2 N–H and O–H groups in total. The van der Waals surface area contributed by atoms with Crippen molar-refractivity contribution in [2.45, 2.75) is 12.5 Å². The van der Waals surface area contributed by atoms with Crippen LogP contribution >= 0.6 is 7.14 Å². The molecular formula is C16H19O3P. The van der Waals surface area contributed by atoms with Crippen LogP contribution in [0, 0.1) is 0 Å². The molecule has 0 bridgehead atoms. The van der Waals surface area contributed by atoms with E-state index in [0.717, 1.165) is 0 Å². The largest absolute Gasteiger partial charge is 0.393 e. The van der Waals surface area contributed by atoms with Gasteiger partial charge in [-0.1, -0.05) is 60.7 Å². The van der Waals surface area contributed by atoms with Crippen molar-refractivity contribution in [2.75, 3.05) is 12.8 Å². The first-order valence-corrected chi connectivity index (χ1v) is 8.41. The van der Waals surface area contributed by atoms with E-state index in [9.17, 15) is 14.8 Å². The first kappa shape index (κ1) is 15.0. The SMILES string of the molecule is C[C@](O)(CO)CP(=O)(c1ccccc1)c1ccccc1. The lowest BCUT2D eigenvalue weighted by atomic mass is 10.2. The van der Waals surface area contributed by atoms with Crippen LogP contribution in [-0.2, 0) is 4.57 Å². The molecule has 0 radical (unpaired) electrons. The van der Waals surface area contributed by atoms with Gasteiger partial charge in [-0.15, -0.1) is 0 Å². The number of benzene rings is 2. The van der Waals surface area contributed by atoms with E-state index in [-0.39, 0.29) is 6.16 Å². The van der Waals surface area contributed by atoms with Crippen LogP contribution in [0.5, 0.6) is 0 Å². The zero-order valence-electron chi connectivity index (χ0n) is 11.4. The fourth-order valence-electron chi connectivity index (χ4n) is 2.20. The minimum Gasteiger partial charge on any atom is -0.393 e. The van der Waals surface area contributed by atoms with Crippen LogP contribution in [0.15, 0.2) is 60.7 Å². The molecular weight excluding hydrogens is 271 g/mol. The highest BCUT2D eigenvalue weighted by Gasteiger charge is 2.35. The highest BCUT2D eigenvalue weighted by molar-refractivity contribution is 7.78. The Balaban J connectivity index is 2.53. The molecule has 0 spiro atoms. The van der Waals surface area contributed by atoms with Crippen LogP contribution in [0.1, 0.15) is 6.92 Å². The lowest BCUT2D eigenvalue weighted by Gasteiger charge is -2.28. The molecule has 106 valence electrons. The van der Waals surface area contributed by atoms with Crippen LogP contribution in [0.25, 0.3) is 0 Å². The van der Waals surface area contributed by atoms with Crippen molar-refractivity contribution in [1.82, 2.24) is 0 Å². The van der Waals surface area contributed by atoms with Crippen LogP contribution < -0.4 is 10.6 Å². The second-order valence-corrected chi connectivity index (χ2v) is 8.05. The van der Waals surface area contributed by atoms with Crippen LogP contribution in [0.3, 0.4) is 0 Å². The first-order chi connectivity index (χ1) is 9.48. The highest BCUT2D eigenvalue weighted by atomic mass is 31.2. The van der Waals surface area contributed by atoms with Crippen LogP contribution in [0.2, 0.25) is 0 Å². The summed E-state index contributed by atoms with van der Waals surface area (Å²) < 4.78 is 13.5. The zero-order valence-corrected chi connectivity index (χ0v) is 12.3. The Morgan fingerprint density at radius 2 is 1.35 bits per heavy atom. The van der Waals surface area contributed by atoms with Crippen molar-refractivity contribution in [3.63, 3.8) is 0 Å². The lowest BCUT2D eigenvalue weighted by Crippen LogP contribution is -2.37. The predicted octanol–water partition coefficient (Wildman–Crippen LogP) is 1.74. The number of aliphatic hydroxyl groups excluding tert-OH is 1. The van der Waals surface area contributed by atoms with Gasteiger partial charge in [0.15, 0.2) is 0 Å². The molecule has 0 saturated carbocycles. The average molecular weight is 290 g/mol. The number of hydrogen-bond acceptors (Lipinski definition) is 3. The van der Waals surface area contributed by atoms with Gasteiger partial charge < -0.3 is 14.8 Å². The predicted molar refractivity (Wildman–Crippen MR) is 82.3 cm³/mol. The third-order valence-corrected chi connectivity index (χ3v) is 6.64. The van der Waals surface area contributed by atoms with Crippen molar-refractivity contribution in [2.24, 2.45) is 0 Å². The topological polar surface area (TPSA) is 57.5 Å². The van der Waals surface area contributed by atoms with E-state index >= 15 is 0 Å². The summed E-state index contributed by atoms with van der Waals surface area (Å²) in [5, 5.41) is 20.8. The third kappa shape index (κ3) is 3.18. The Bertz CT molecular complexity index is 550. The molecule has 0 fully saturated rings. The van der Waals surface area contributed by atoms with Gasteiger partial charge in [-0.2, -0.15) is 0 Å². The van der Waals surface area contributed by atoms with Gasteiger partial charge in [0.2, 0.25) is 0 Å². The van der Waals surface area contributed by atoms with E-state index in [0.29, 0.717) is 10.6 Å². The van der Waals surface area contributed by atoms with E-state index in [1.807, 2.05) is 36.4 Å². The quantitative estimate of drug-likeness (QED) is 0.825. The van der Waals surface area contributed by atoms with Gasteiger partial charge >= 0.3 is 0 Å². The molecule has 0 heterocycles. The average Bonchev–Trinajstić information content (AvgIpc) is 2.48. The molecule has 0 aliphatic carbocycles. The first-order valence-electron chi connectivity index (χ1n) is 6.51. The molecule has 0 unspecified atom stereocenters. The molecule has 4 heteroatoms. The minimum absolute atomic E-state index is 0.0184. The smallest absolute Gasteiger partial charge is 0.146 e. The molecule has 2 aromatic carbocycles. The van der Waals surface area contributed by atoms with Crippen LogP contribution in [-0.4, -0.2) is 28.6 Å². The number of rotatable bonds is 5. The summed E-state index contributed by atoms with van der Waals surface area (Å²) in [6.45, 7) is 1.09. The molecule has 0 saturated heterocycles. The van der Waals surface area contributed by atoms with Crippen molar-refractivity contribution >= 4 is 17.8 Å². The molecule has 20 heavy (non-hydrogen) atoms. The van der Waals surface area contributed by atoms with Crippen molar-refractivity contribution < 1.29 is 14.8 Å². The van der Waals surface area contributed by atoms with Crippen molar-refractivity contribution in [1.29, 1.82) is 0 Å². The molecule has 2 aromatic rings. The second kappa shape index (κ2) is 5.92. The van der Waals surface area contributed by atoms with Gasteiger partial charge in [0.25, 0.3) is 0 Å². The number of aliphatic hydroxyl groups is 2. The maximum atomic E-state index is 13.5. The Labute approximate surface area is 119 Å². The summed E-state index contributed by atoms with van der Waals surface area (Å²) in [5.41, 5.74) is -1.37. The Hall–Kier alpha value is -1.41. The Kier molecular flexibility index (Phi) is 4.44. The minimum atomic E-state index is -2.97. The fourth-order valence-corrected chi connectivity index (χ4v) is 5.23. The lowest BCUT2D eigenvalue weighted by molar-refractivity contribution is 0.0211. The van der Waals surface area contributed by atoms with Gasteiger partial charge in [-0.05, 0) is 6.92 Å². The normalized spacial score (nSPS) is 14.8. The van der Waals surface area contributed by atoms with Crippen molar-refractivity contribution in [3.8, 4) is 0 Å². The monoisotopic (exact) mass is 290 g/mol. The zero-order chi connectivity index (χ0) is 14.6. The fraction of sp³-hybridized carbons (Fsp3) is 0.250. The van der Waals surface area contributed by atoms with E-state index in [4.69, 9.17) is 0 Å². The van der Waals surface area contributed by atoms with Gasteiger partial charge in [-0.3, -0.25) is 0 Å². The summed E-state index contributed by atoms with van der Waals surface area (Å²) in [6, 6.07) is 18.3. The maximum Gasteiger partial charge on any atom is 0.146 e. The van der Waals surface area contributed by atoms with E-state index < -0.39 is 19.3 Å². The standard InChI is InChI=1S/C16H19O3P/c1-16(18,12-17)13-20(19,14-8-4-2-5-9-14)15-10-6-3-7-11-15/h2-11,17-18H,12-13H2,1H3/t16-/m0/s1. The van der Waals surface area contributed by atoms with Gasteiger partial charge in [0.1, 0.15) is 7.14 Å².